The first-order chi connectivity index (χ1) is 13.1. The number of hydrogen-bond acceptors (Lipinski definition) is 3. The third-order valence-corrected chi connectivity index (χ3v) is 7.46. The first kappa shape index (κ1) is 18.0. The van der Waals surface area contributed by atoms with Gasteiger partial charge >= 0.3 is 0 Å². The van der Waals surface area contributed by atoms with E-state index in [4.69, 9.17) is 23.2 Å². The second-order valence-electron chi connectivity index (χ2n) is 8.48. The van der Waals surface area contributed by atoms with Gasteiger partial charge in [0.2, 0.25) is 0 Å². The van der Waals surface area contributed by atoms with Crippen LogP contribution in [0.5, 0.6) is 0 Å². The van der Waals surface area contributed by atoms with E-state index < -0.39 is 0 Å². The average molecular weight is 406 g/mol. The highest BCUT2D eigenvalue weighted by molar-refractivity contribution is 6.34. The number of likely N-dealkylation sites (tertiary alicyclic amines) is 1. The molecule has 1 amide bonds. The zero-order chi connectivity index (χ0) is 18.5. The topological polar surface area (TPSA) is 36.4 Å². The molecule has 27 heavy (non-hydrogen) atoms. The van der Waals surface area contributed by atoms with Gasteiger partial charge in [0, 0.05) is 19.1 Å². The minimum absolute atomic E-state index is 0.000940. The van der Waals surface area contributed by atoms with Crippen molar-refractivity contribution < 1.29 is 4.79 Å². The summed E-state index contributed by atoms with van der Waals surface area (Å²) in [5, 5.41) is 0.525. The molecule has 4 nitrogen and oxygen atoms in total. The Hall–Kier alpha value is -1.10. The van der Waals surface area contributed by atoms with Crippen LogP contribution in [0, 0.1) is 11.8 Å². The SMILES string of the molecule is O=C(c1ccc(Cl)nc1Cl)N1CCCC2=CC3CC(CN4CCCC[C@H]34)[C@@H]21. The van der Waals surface area contributed by atoms with E-state index in [0.29, 0.717) is 22.6 Å². The second kappa shape index (κ2) is 7.06. The van der Waals surface area contributed by atoms with Gasteiger partial charge in [0.25, 0.3) is 5.91 Å². The van der Waals surface area contributed by atoms with Gasteiger partial charge in [-0.2, -0.15) is 0 Å². The number of piperidine rings is 3. The maximum Gasteiger partial charge on any atom is 0.257 e. The van der Waals surface area contributed by atoms with Crippen LogP contribution in [-0.4, -0.2) is 52.4 Å². The number of pyridine rings is 1. The van der Waals surface area contributed by atoms with Gasteiger partial charge in [-0.1, -0.05) is 41.3 Å². The zero-order valence-electron chi connectivity index (χ0n) is 15.4. The van der Waals surface area contributed by atoms with Crippen LogP contribution in [0.2, 0.25) is 10.3 Å². The van der Waals surface area contributed by atoms with Crippen molar-refractivity contribution in [3.8, 4) is 0 Å². The lowest BCUT2D eigenvalue weighted by molar-refractivity contribution is 0.00147. The summed E-state index contributed by atoms with van der Waals surface area (Å²) in [5.74, 6) is 1.21. The van der Waals surface area contributed by atoms with Gasteiger partial charge in [-0.15, -0.1) is 0 Å². The summed E-state index contributed by atoms with van der Waals surface area (Å²) >= 11 is 12.2. The summed E-state index contributed by atoms with van der Waals surface area (Å²) in [6.45, 7) is 3.14. The van der Waals surface area contributed by atoms with Gasteiger partial charge in [0.1, 0.15) is 10.3 Å². The van der Waals surface area contributed by atoms with Crippen molar-refractivity contribution in [2.24, 2.45) is 11.8 Å². The summed E-state index contributed by atoms with van der Waals surface area (Å²) in [5.41, 5.74) is 1.95. The van der Waals surface area contributed by atoms with E-state index in [1.807, 2.05) is 0 Å². The molecular weight excluding hydrogens is 381 g/mol. The number of halogens is 2. The summed E-state index contributed by atoms with van der Waals surface area (Å²) in [4.78, 5) is 22.2. The molecule has 4 aliphatic rings. The molecule has 144 valence electrons. The molecule has 0 radical (unpaired) electrons. The molecule has 5 rings (SSSR count). The molecule has 0 saturated carbocycles. The smallest absolute Gasteiger partial charge is 0.257 e. The van der Waals surface area contributed by atoms with E-state index in [9.17, 15) is 4.79 Å². The minimum Gasteiger partial charge on any atom is -0.332 e. The van der Waals surface area contributed by atoms with E-state index in [0.717, 1.165) is 32.0 Å². The summed E-state index contributed by atoms with van der Waals surface area (Å²) < 4.78 is 0. The first-order valence-electron chi connectivity index (χ1n) is 10.2. The highest BCUT2D eigenvalue weighted by Crippen LogP contribution is 2.45. The van der Waals surface area contributed by atoms with Crippen LogP contribution in [0.25, 0.3) is 0 Å². The number of carbonyl (C=O) groups is 1. The summed E-state index contributed by atoms with van der Waals surface area (Å²) in [7, 11) is 0. The van der Waals surface area contributed by atoms with Crippen LogP contribution in [-0.2, 0) is 0 Å². The third-order valence-electron chi connectivity index (χ3n) is 6.96. The van der Waals surface area contributed by atoms with Crippen molar-refractivity contribution in [1.29, 1.82) is 0 Å². The Balaban J connectivity index is 1.47. The standard InChI is InChI=1S/C21H25Cl2N3O/c22-18-7-6-16(20(23)24-18)21(27)26-9-3-4-13-10-14-11-15(19(13)26)12-25-8-2-1-5-17(14)25/h6-7,10,14-15,17,19H,1-5,8-9,11-12H2/t14?,15?,17-,19-/m1/s1. The number of carbonyl (C=O) groups excluding carboxylic acids is 1. The number of hydrogen-bond donors (Lipinski definition) is 0. The molecule has 6 heteroatoms. The molecule has 4 atom stereocenters. The number of fused-ring (bicyclic) bond motifs is 6. The predicted octanol–water partition coefficient (Wildman–Crippen LogP) is 4.42. The van der Waals surface area contributed by atoms with Crippen LogP contribution in [0.4, 0.5) is 0 Å². The average Bonchev–Trinajstić information content (AvgIpc) is 2.67. The first-order valence-corrected chi connectivity index (χ1v) is 10.9. The molecule has 3 aliphatic heterocycles. The molecule has 2 bridgehead atoms. The lowest BCUT2D eigenvalue weighted by Gasteiger charge is -2.54. The molecule has 0 aromatic carbocycles. The molecule has 0 spiro atoms. The Bertz CT molecular complexity index is 796. The van der Waals surface area contributed by atoms with Crippen LogP contribution in [0.15, 0.2) is 23.8 Å². The normalized spacial score (nSPS) is 33.1. The lowest BCUT2D eigenvalue weighted by Crippen LogP contribution is -2.60. The molecule has 3 fully saturated rings. The van der Waals surface area contributed by atoms with Crippen LogP contribution >= 0.6 is 23.2 Å². The second-order valence-corrected chi connectivity index (χ2v) is 9.22. The fourth-order valence-electron chi connectivity index (χ4n) is 5.93. The third kappa shape index (κ3) is 3.10. The molecule has 2 unspecified atom stereocenters. The van der Waals surface area contributed by atoms with Crippen molar-refractivity contribution in [2.45, 2.75) is 50.6 Å². The van der Waals surface area contributed by atoms with Crippen molar-refractivity contribution in [2.75, 3.05) is 19.6 Å². The lowest BCUT2D eigenvalue weighted by atomic mass is 9.68. The van der Waals surface area contributed by atoms with Crippen molar-refractivity contribution >= 4 is 29.1 Å². The van der Waals surface area contributed by atoms with Crippen LogP contribution in [0.3, 0.4) is 0 Å². The van der Waals surface area contributed by atoms with Crippen LogP contribution in [0.1, 0.15) is 48.9 Å². The van der Waals surface area contributed by atoms with E-state index in [-0.39, 0.29) is 17.1 Å². The highest BCUT2D eigenvalue weighted by atomic mass is 35.5. The molecule has 1 aromatic rings. The molecule has 3 saturated heterocycles. The zero-order valence-corrected chi connectivity index (χ0v) is 16.9. The number of amides is 1. The number of rotatable bonds is 1. The molecule has 0 N–H and O–H groups in total. The molecule has 4 heterocycles. The minimum atomic E-state index is -0.000940. The molecule has 1 aromatic heterocycles. The molecule has 1 aliphatic carbocycles. The van der Waals surface area contributed by atoms with Gasteiger partial charge in [-0.05, 0) is 62.6 Å². The van der Waals surface area contributed by atoms with E-state index in [1.165, 1.54) is 37.8 Å². The van der Waals surface area contributed by atoms with Gasteiger partial charge < -0.3 is 4.90 Å². The number of aromatic nitrogens is 1. The Morgan fingerprint density at radius 2 is 2.04 bits per heavy atom. The Labute approximate surface area is 170 Å². The Morgan fingerprint density at radius 3 is 2.89 bits per heavy atom. The van der Waals surface area contributed by atoms with E-state index in [2.05, 4.69) is 20.9 Å². The van der Waals surface area contributed by atoms with Gasteiger partial charge in [-0.3, -0.25) is 9.69 Å². The maximum absolute atomic E-state index is 13.3. The van der Waals surface area contributed by atoms with E-state index in [1.54, 1.807) is 12.1 Å². The van der Waals surface area contributed by atoms with Crippen molar-refractivity contribution in [1.82, 2.24) is 14.8 Å². The predicted molar refractivity (Wildman–Crippen MR) is 107 cm³/mol. The number of nitrogens with zero attached hydrogens (tertiary/aromatic N) is 3. The monoisotopic (exact) mass is 405 g/mol. The summed E-state index contributed by atoms with van der Waals surface area (Å²) in [6.07, 6.45) is 9.91. The quantitative estimate of drug-likeness (QED) is 0.512. The molecular formula is C21H25Cl2N3O. The van der Waals surface area contributed by atoms with Crippen LogP contribution < -0.4 is 0 Å². The Kier molecular flexibility index (Phi) is 4.69. The Morgan fingerprint density at radius 1 is 1.15 bits per heavy atom. The fraction of sp³-hybridized carbons (Fsp3) is 0.619. The summed E-state index contributed by atoms with van der Waals surface area (Å²) in [6, 6.07) is 4.31. The maximum atomic E-state index is 13.3. The highest BCUT2D eigenvalue weighted by Gasteiger charge is 2.47. The van der Waals surface area contributed by atoms with Crippen molar-refractivity contribution in [3.05, 3.63) is 39.7 Å². The van der Waals surface area contributed by atoms with Crippen molar-refractivity contribution in [3.63, 3.8) is 0 Å². The fourth-order valence-corrected chi connectivity index (χ4v) is 6.35. The van der Waals surface area contributed by atoms with E-state index >= 15 is 0 Å². The van der Waals surface area contributed by atoms with Gasteiger partial charge in [0.15, 0.2) is 0 Å². The van der Waals surface area contributed by atoms with Gasteiger partial charge in [0.05, 0.1) is 11.6 Å². The largest absolute Gasteiger partial charge is 0.332 e. The van der Waals surface area contributed by atoms with Gasteiger partial charge in [-0.25, -0.2) is 4.98 Å².